The zero-order chi connectivity index (χ0) is 18.2. The molecule has 24 heavy (non-hydrogen) atoms. The van der Waals surface area contributed by atoms with Crippen LogP contribution < -0.4 is 20.1 Å². The molecule has 8 heteroatoms. The third-order valence-corrected chi connectivity index (χ3v) is 3.77. The van der Waals surface area contributed by atoms with Crippen LogP contribution in [0.15, 0.2) is 23.2 Å². The molecule has 0 atom stereocenters. The molecule has 0 saturated carbocycles. The molecule has 0 aliphatic heterocycles. The highest BCUT2D eigenvalue weighted by Crippen LogP contribution is 2.21. The average molecular weight is 356 g/mol. The van der Waals surface area contributed by atoms with Crippen molar-refractivity contribution in [3.05, 3.63) is 29.3 Å². The van der Waals surface area contributed by atoms with Gasteiger partial charge in [0, 0.05) is 32.2 Å². The molecule has 136 valence electrons. The second kappa shape index (κ2) is 9.48. The van der Waals surface area contributed by atoms with Gasteiger partial charge in [0.2, 0.25) is 10.0 Å². The standard InChI is InChI=1S/C16H28N4O3S/c1-12(2)23-15-10-13(3)6-7-14(15)11-19-16(17-4)18-8-9-20-24(5,21)22/h6-7,10,12,20H,8-9,11H2,1-5H3,(H2,17,18,19). The summed E-state index contributed by atoms with van der Waals surface area (Å²) in [5, 5.41) is 6.25. The van der Waals surface area contributed by atoms with E-state index in [1.54, 1.807) is 7.05 Å². The molecule has 0 saturated heterocycles. The maximum atomic E-state index is 11.0. The molecule has 1 rings (SSSR count). The van der Waals surface area contributed by atoms with Gasteiger partial charge in [-0.25, -0.2) is 13.1 Å². The summed E-state index contributed by atoms with van der Waals surface area (Å²) < 4.78 is 30.3. The molecule has 0 unspecified atom stereocenters. The van der Waals surface area contributed by atoms with E-state index in [0.717, 1.165) is 23.1 Å². The lowest BCUT2D eigenvalue weighted by Crippen LogP contribution is -2.41. The molecule has 0 heterocycles. The van der Waals surface area contributed by atoms with Crippen LogP contribution in [0, 0.1) is 6.92 Å². The van der Waals surface area contributed by atoms with E-state index >= 15 is 0 Å². The van der Waals surface area contributed by atoms with Crippen molar-refractivity contribution < 1.29 is 13.2 Å². The van der Waals surface area contributed by atoms with Gasteiger partial charge in [-0.15, -0.1) is 0 Å². The first-order chi connectivity index (χ1) is 11.2. The summed E-state index contributed by atoms with van der Waals surface area (Å²) in [7, 11) is -1.51. The highest BCUT2D eigenvalue weighted by molar-refractivity contribution is 7.88. The number of nitrogens with one attached hydrogen (secondary N) is 3. The summed E-state index contributed by atoms with van der Waals surface area (Å²) in [5.74, 6) is 1.45. The number of guanidine groups is 1. The van der Waals surface area contributed by atoms with E-state index in [9.17, 15) is 8.42 Å². The van der Waals surface area contributed by atoms with Crippen molar-refractivity contribution in [3.63, 3.8) is 0 Å². The van der Waals surface area contributed by atoms with Gasteiger partial charge in [0.05, 0.1) is 12.4 Å². The van der Waals surface area contributed by atoms with E-state index in [2.05, 4.69) is 20.3 Å². The van der Waals surface area contributed by atoms with Crippen molar-refractivity contribution >= 4 is 16.0 Å². The minimum absolute atomic E-state index is 0.102. The number of hydrogen-bond donors (Lipinski definition) is 3. The van der Waals surface area contributed by atoms with E-state index in [1.807, 2.05) is 39.0 Å². The molecule has 0 aromatic heterocycles. The number of sulfonamides is 1. The number of aliphatic imine (C=N–C) groups is 1. The smallest absolute Gasteiger partial charge is 0.208 e. The summed E-state index contributed by atoms with van der Waals surface area (Å²) in [6, 6.07) is 6.08. The van der Waals surface area contributed by atoms with Crippen LogP contribution in [0.1, 0.15) is 25.0 Å². The van der Waals surface area contributed by atoms with Gasteiger partial charge in [-0.1, -0.05) is 12.1 Å². The molecule has 0 amide bonds. The first kappa shape index (κ1) is 20.2. The van der Waals surface area contributed by atoms with Gasteiger partial charge in [0.25, 0.3) is 0 Å². The third kappa shape index (κ3) is 8.16. The van der Waals surface area contributed by atoms with Crippen LogP contribution in [-0.4, -0.2) is 46.9 Å². The van der Waals surface area contributed by atoms with Gasteiger partial charge >= 0.3 is 0 Å². The fourth-order valence-corrected chi connectivity index (χ4v) is 2.46. The maximum Gasteiger partial charge on any atom is 0.208 e. The molecule has 3 N–H and O–H groups in total. The Bertz CT molecular complexity index is 657. The summed E-state index contributed by atoms with van der Waals surface area (Å²) >= 11 is 0. The summed E-state index contributed by atoms with van der Waals surface area (Å²) in [6.45, 7) is 7.31. The van der Waals surface area contributed by atoms with Crippen molar-refractivity contribution in [2.75, 3.05) is 26.4 Å². The van der Waals surface area contributed by atoms with Crippen LogP contribution in [0.4, 0.5) is 0 Å². The molecule has 1 aromatic rings. The molecular formula is C16H28N4O3S. The second-order valence-electron chi connectivity index (χ2n) is 5.80. The fraction of sp³-hybridized carbons (Fsp3) is 0.562. The van der Waals surface area contributed by atoms with Crippen LogP contribution in [0.25, 0.3) is 0 Å². The lowest BCUT2D eigenvalue weighted by Gasteiger charge is -2.17. The third-order valence-electron chi connectivity index (χ3n) is 3.04. The summed E-state index contributed by atoms with van der Waals surface area (Å²) in [5.41, 5.74) is 2.18. The molecule has 1 aromatic carbocycles. The zero-order valence-electron chi connectivity index (χ0n) is 15.0. The van der Waals surface area contributed by atoms with Crippen molar-refractivity contribution in [1.82, 2.24) is 15.4 Å². The van der Waals surface area contributed by atoms with E-state index < -0.39 is 10.0 Å². The Morgan fingerprint density at radius 2 is 1.96 bits per heavy atom. The number of rotatable bonds is 8. The van der Waals surface area contributed by atoms with Crippen LogP contribution in [0.5, 0.6) is 5.75 Å². The van der Waals surface area contributed by atoms with Gasteiger partial charge in [0.1, 0.15) is 5.75 Å². The largest absolute Gasteiger partial charge is 0.491 e. The monoisotopic (exact) mass is 356 g/mol. The summed E-state index contributed by atoms with van der Waals surface area (Å²) in [4.78, 5) is 4.12. The SMILES string of the molecule is CN=C(NCCNS(C)(=O)=O)NCc1ccc(C)cc1OC(C)C. The van der Waals surface area contributed by atoms with Crippen LogP contribution >= 0.6 is 0 Å². The van der Waals surface area contributed by atoms with Crippen LogP contribution in [-0.2, 0) is 16.6 Å². The first-order valence-electron chi connectivity index (χ1n) is 7.86. The van der Waals surface area contributed by atoms with Crippen molar-refractivity contribution in [2.45, 2.75) is 33.4 Å². The van der Waals surface area contributed by atoms with Crippen LogP contribution in [0.3, 0.4) is 0 Å². The molecule has 0 radical (unpaired) electrons. The van der Waals surface area contributed by atoms with Gasteiger partial charge in [-0.2, -0.15) is 0 Å². The molecule has 0 aliphatic rings. The molecule has 0 aliphatic carbocycles. The van der Waals surface area contributed by atoms with Crippen molar-refractivity contribution in [3.8, 4) is 5.75 Å². The Balaban J connectivity index is 2.57. The molecule has 0 spiro atoms. The van der Waals surface area contributed by atoms with Crippen molar-refractivity contribution in [1.29, 1.82) is 0 Å². The fourth-order valence-electron chi connectivity index (χ4n) is 1.99. The maximum absolute atomic E-state index is 11.0. The molecule has 0 bridgehead atoms. The zero-order valence-corrected chi connectivity index (χ0v) is 15.8. The van der Waals surface area contributed by atoms with E-state index in [0.29, 0.717) is 25.6 Å². The minimum Gasteiger partial charge on any atom is -0.491 e. The summed E-state index contributed by atoms with van der Waals surface area (Å²) in [6.07, 6.45) is 1.23. The highest BCUT2D eigenvalue weighted by atomic mass is 32.2. The minimum atomic E-state index is -3.17. The Morgan fingerprint density at radius 1 is 1.25 bits per heavy atom. The van der Waals surface area contributed by atoms with Gasteiger partial charge in [0.15, 0.2) is 5.96 Å². The number of benzene rings is 1. The predicted octanol–water partition coefficient (Wildman–Crippen LogP) is 0.996. The second-order valence-corrected chi connectivity index (χ2v) is 7.63. The number of ether oxygens (including phenoxy) is 1. The number of aryl methyl sites for hydroxylation is 1. The Morgan fingerprint density at radius 3 is 2.54 bits per heavy atom. The van der Waals surface area contributed by atoms with E-state index in [-0.39, 0.29) is 6.10 Å². The molecule has 0 fully saturated rings. The quantitative estimate of drug-likeness (QED) is 0.367. The van der Waals surface area contributed by atoms with Crippen LogP contribution in [0.2, 0.25) is 0 Å². The molecular weight excluding hydrogens is 328 g/mol. The number of nitrogens with zero attached hydrogens (tertiary/aromatic N) is 1. The lowest BCUT2D eigenvalue weighted by molar-refractivity contribution is 0.239. The topological polar surface area (TPSA) is 91.8 Å². The first-order valence-corrected chi connectivity index (χ1v) is 9.75. The predicted molar refractivity (Wildman–Crippen MR) is 98.0 cm³/mol. The van der Waals surface area contributed by atoms with Gasteiger partial charge in [-0.05, 0) is 32.4 Å². The Labute approximate surface area is 145 Å². The van der Waals surface area contributed by atoms with Gasteiger partial charge < -0.3 is 15.4 Å². The van der Waals surface area contributed by atoms with E-state index in [1.165, 1.54) is 0 Å². The Kier molecular flexibility index (Phi) is 8.00. The lowest BCUT2D eigenvalue weighted by atomic mass is 10.1. The van der Waals surface area contributed by atoms with E-state index in [4.69, 9.17) is 4.74 Å². The highest BCUT2D eigenvalue weighted by Gasteiger charge is 2.07. The normalized spacial score (nSPS) is 12.3. The molecule has 7 nitrogen and oxygen atoms in total. The average Bonchev–Trinajstić information content (AvgIpc) is 2.46. The van der Waals surface area contributed by atoms with Gasteiger partial charge in [-0.3, -0.25) is 4.99 Å². The van der Waals surface area contributed by atoms with Crippen molar-refractivity contribution in [2.24, 2.45) is 4.99 Å². The number of hydrogen-bond acceptors (Lipinski definition) is 4. The Hall–Kier alpha value is -1.80.